The monoisotopic (exact) mass is 271 g/mol. The maximum atomic E-state index is 9.89. The highest BCUT2D eigenvalue weighted by Crippen LogP contribution is 2.37. The normalized spacial score (nSPS) is 19.3. The number of methoxy groups -OCH3 is 1. The van der Waals surface area contributed by atoms with Gasteiger partial charge in [0.05, 0.1) is 6.61 Å². The molecule has 1 fully saturated rings. The Kier molecular flexibility index (Phi) is 7.96. The van der Waals surface area contributed by atoms with E-state index >= 15 is 0 Å². The Balaban J connectivity index is 2.67. The minimum atomic E-state index is 0.147. The number of ether oxygens (including phenoxy) is 1. The van der Waals surface area contributed by atoms with Crippen molar-refractivity contribution in [2.75, 3.05) is 33.4 Å². The van der Waals surface area contributed by atoms with Gasteiger partial charge in [0, 0.05) is 38.3 Å². The predicted octanol–water partition coefficient (Wildman–Crippen LogP) is 3.07. The lowest BCUT2D eigenvalue weighted by atomic mass is 9.74. The van der Waals surface area contributed by atoms with Crippen molar-refractivity contribution in [3.8, 4) is 0 Å². The highest BCUT2D eigenvalue weighted by atomic mass is 16.5. The average molecular weight is 271 g/mol. The van der Waals surface area contributed by atoms with Crippen LogP contribution in [0.25, 0.3) is 0 Å². The maximum Gasteiger partial charge on any atom is 0.0589 e. The zero-order valence-corrected chi connectivity index (χ0v) is 13.2. The van der Waals surface area contributed by atoms with Gasteiger partial charge in [0.15, 0.2) is 0 Å². The minimum absolute atomic E-state index is 0.147. The van der Waals surface area contributed by atoms with E-state index in [1.54, 1.807) is 7.11 Å². The molecular weight excluding hydrogens is 238 g/mol. The van der Waals surface area contributed by atoms with Crippen molar-refractivity contribution in [2.45, 2.75) is 64.8 Å². The molecule has 3 heteroatoms. The van der Waals surface area contributed by atoms with Crippen molar-refractivity contribution in [3.63, 3.8) is 0 Å². The lowest BCUT2D eigenvalue weighted by Crippen LogP contribution is -2.47. The van der Waals surface area contributed by atoms with Crippen LogP contribution in [0.2, 0.25) is 0 Å². The fourth-order valence-corrected chi connectivity index (χ4v) is 3.50. The van der Waals surface area contributed by atoms with Crippen LogP contribution in [0.15, 0.2) is 0 Å². The molecule has 1 N–H and O–H groups in total. The van der Waals surface area contributed by atoms with E-state index < -0.39 is 0 Å². The zero-order chi connectivity index (χ0) is 14.1. The van der Waals surface area contributed by atoms with Crippen molar-refractivity contribution < 1.29 is 9.84 Å². The van der Waals surface area contributed by atoms with Crippen LogP contribution in [-0.4, -0.2) is 49.5 Å². The molecule has 19 heavy (non-hydrogen) atoms. The van der Waals surface area contributed by atoms with Gasteiger partial charge in [0.25, 0.3) is 0 Å². The summed E-state index contributed by atoms with van der Waals surface area (Å²) in [6, 6.07) is 0.625. The van der Waals surface area contributed by atoms with Gasteiger partial charge in [0.2, 0.25) is 0 Å². The summed E-state index contributed by atoms with van der Waals surface area (Å²) in [5, 5.41) is 9.89. The second-order valence-corrected chi connectivity index (χ2v) is 6.15. The molecule has 0 unspecified atom stereocenters. The zero-order valence-electron chi connectivity index (χ0n) is 13.2. The van der Waals surface area contributed by atoms with Crippen LogP contribution in [0.4, 0.5) is 0 Å². The van der Waals surface area contributed by atoms with Crippen LogP contribution in [0.5, 0.6) is 0 Å². The van der Waals surface area contributed by atoms with Gasteiger partial charge in [-0.2, -0.15) is 0 Å². The lowest BCUT2D eigenvalue weighted by Gasteiger charge is -2.42. The van der Waals surface area contributed by atoms with Gasteiger partial charge in [0.1, 0.15) is 0 Å². The molecule has 0 heterocycles. The first kappa shape index (κ1) is 16.9. The standard InChI is InChI=1S/C16H33NO2/c1-4-15(5-2)17(11-12-19-3)13-16(14-18)9-7-6-8-10-16/h15,18H,4-14H2,1-3H3. The van der Waals surface area contributed by atoms with Crippen LogP contribution in [0, 0.1) is 5.41 Å². The summed E-state index contributed by atoms with van der Waals surface area (Å²) in [4.78, 5) is 2.56. The Bertz CT molecular complexity index is 223. The van der Waals surface area contributed by atoms with Gasteiger partial charge in [-0.3, -0.25) is 4.90 Å². The third-order valence-electron chi connectivity index (χ3n) is 4.83. The molecule has 0 bridgehead atoms. The Morgan fingerprint density at radius 3 is 2.26 bits per heavy atom. The van der Waals surface area contributed by atoms with Crippen molar-refractivity contribution in [1.29, 1.82) is 0 Å². The van der Waals surface area contributed by atoms with Crippen molar-refractivity contribution in [3.05, 3.63) is 0 Å². The molecule has 0 amide bonds. The van der Waals surface area contributed by atoms with E-state index in [1.807, 2.05) is 0 Å². The first-order valence-electron chi connectivity index (χ1n) is 8.05. The van der Waals surface area contributed by atoms with Crippen LogP contribution in [0.1, 0.15) is 58.8 Å². The van der Waals surface area contributed by atoms with Crippen LogP contribution >= 0.6 is 0 Å². The van der Waals surface area contributed by atoms with E-state index in [-0.39, 0.29) is 5.41 Å². The van der Waals surface area contributed by atoms with Crippen molar-refractivity contribution >= 4 is 0 Å². The first-order valence-corrected chi connectivity index (χ1v) is 8.05. The van der Waals surface area contributed by atoms with Gasteiger partial charge in [-0.15, -0.1) is 0 Å². The molecule has 1 aliphatic carbocycles. The molecule has 1 saturated carbocycles. The second-order valence-electron chi connectivity index (χ2n) is 6.15. The molecule has 0 aromatic carbocycles. The molecule has 0 aliphatic heterocycles. The van der Waals surface area contributed by atoms with E-state index in [9.17, 15) is 5.11 Å². The summed E-state index contributed by atoms with van der Waals surface area (Å²) < 4.78 is 5.26. The summed E-state index contributed by atoms with van der Waals surface area (Å²) >= 11 is 0. The molecule has 0 spiro atoms. The highest BCUT2D eigenvalue weighted by Gasteiger charge is 2.34. The fourth-order valence-electron chi connectivity index (χ4n) is 3.50. The molecule has 0 aromatic rings. The Morgan fingerprint density at radius 2 is 1.79 bits per heavy atom. The summed E-state index contributed by atoms with van der Waals surface area (Å²) in [5.41, 5.74) is 0.147. The molecule has 3 nitrogen and oxygen atoms in total. The number of nitrogens with zero attached hydrogens (tertiary/aromatic N) is 1. The quantitative estimate of drug-likeness (QED) is 0.699. The Hall–Kier alpha value is -0.120. The fraction of sp³-hybridized carbons (Fsp3) is 1.00. The largest absolute Gasteiger partial charge is 0.396 e. The summed E-state index contributed by atoms with van der Waals surface area (Å²) in [6.07, 6.45) is 8.64. The number of hydrogen-bond donors (Lipinski definition) is 1. The average Bonchev–Trinajstić information content (AvgIpc) is 2.46. The third-order valence-corrected chi connectivity index (χ3v) is 4.83. The van der Waals surface area contributed by atoms with Gasteiger partial charge in [-0.05, 0) is 25.7 Å². The van der Waals surface area contributed by atoms with Crippen LogP contribution < -0.4 is 0 Å². The molecule has 0 radical (unpaired) electrons. The Morgan fingerprint density at radius 1 is 1.16 bits per heavy atom. The summed E-state index contributed by atoms with van der Waals surface area (Å²) in [7, 11) is 1.77. The van der Waals surface area contributed by atoms with Crippen LogP contribution in [0.3, 0.4) is 0 Å². The minimum Gasteiger partial charge on any atom is -0.396 e. The molecule has 0 saturated heterocycles. The van der Waals surface area contributed by atoms with Crippen LogP contribution in [-0.2, 0) is 4.74 Å². The third kappa shape index (κ3) is 5.05. The molecule has 0 atom stereocenters. The van der Waals surface area contributed by atoms with E-state index in [1.165, 1.54) is 44.9 Å². The van der Waals surface area contributed by atoms with E-state index in [2.05, 4.69) is 18.7 Å². The Labute approximate surface area is 119 Å². The number of rotatable bonds is 9. The topological polar surface area (TPSA) is 32.7 Å². The van der Waals surface area contributed by atoms with Gasteiger partial charge in [-0.25, -0.2) is 0 Å². The van der Waals surface area contributed by atoms with Gasteiger partial charge >= 0.3 is 0 Å². The number of aliphatic hydroxyl groups excluding tert-OH is 1. The lowest BCUT2D eigenvalue weighted by molar-refractivity contribution is 0.0132. The van der Waals surface area contributed by atoms with E-state index in [0.717, 1.165) is 19.7 Å². The summed E-state index contributed by atoms with van der Waals surface area (Å²) in [6.45, 7) is 7.69. The second kappa shape index (κ2) is 8.93. The van der Waals surface area contributed by atoms with E-state index in [4.69, 9.17) is 4.74 Å². The molecular formula is C16H33NO2. The predicted molar refractivity (Wildman–Crippen MR) is 80.4 cm³/mol. The highest BCUT2D eigenvalue weighted by molar-refractivity contribution is 4.87. The molecule has 1 aliphatic rings. The first-order chi connectivity index (χ1) is 9.21. The number of hydrogen-bond acceptors (Lipinski definition) is 3. The summed E-state index contributed by atoms with van der Waals surface area (Å²) in [5.74, 6) is 0. The maximum absolute atomic E-state index is 9.89. The van der Waals surface area contributed by atoms with E-state index in [0.29, 0.717) is 12.6 Å². The SMILES string of the molecule is CCC(CC)N(CCOC)CC1(CO)CCCCC1. The molecule has 114 valence electrons. The van der Waals surface area contributed by atoms with Crippen molar-refractivity contribution in [1.82, 2.24) is 4.90 Å². The molecule has 1 rings (SSSR count). The van der Waals surface area contributed by atoms with Crippen molar-refractivity contribution in [2.24, 2.45) is 5.41 Å². The van der Waals surface area contributed by atoms with Gasteiger partial charge < -0.3 is 9.84 Å². The van der Waals surface area contributed by atoms with Gasteiger partial charge in [-0.1, -0.05) is 33.1 Å². The smallest absolute Gasteiger partial charge is 0.0589 e. The molecule has 0 aromatic heterocycles. The number of aliphatic hydroxyl groups is 1.